The SMILES string of the molecule is O=[C-]N1CCCC=C1Cl.[Cl][Ag]. The van der Waals surface area contributed by atoms with Crippen LogP contribution in [-0.4, -0.2) is 17.9 Å². The summed E-state index contributed by atoms with van der Waals surface area (Å²) < 4.78 is 0. The first kappa shape index (κ1) is 11.5. The van der Waals surface area contributed by atoms with Gasteiger partial charge in [-0.2, -0.15) is 11.6 Å². The number of halogens is 2. The van der Waals surface area contributed by atoms with Gasteiger partial charge in [-0.15, -0.1) is 6.08 Å². The van der Waals surface area contributed by atoms with E-state index in [2.05, 4.69) is 29.2 Å². The van der Waals surface area contributed by atoms with E-state index in [0.717, 1.165) is 12.8 Å². The molecule has 0 fully saturated rings. The molecule has 1 aliphatic rings. The van der Waals surface area contributed by atoms with E-state index in [0.29, 0.717) is 11.7 Å². The quantitative estimate of drug-likeness (QED) is 0.410. The van der Waals surface area contributed by atoms with Gasteiger partial charge in [-0.3, -0.25) is 0 Å². The molecule has 0 saturated heterocycles. The summed E-state index contributed by atoms with van der Waals surface area (Å²) in [6.45, 7) is 0.707. The predicted octanol–water partition coefficient (Wildman–Crippen LogP) is 1.92. The molecule has 1 amide bonds. The topological polar surface area (TPSA) is 20.3 Å². The molecule has 0 aromatic heterocycles. The summed E-state index contributed by atoms with van der Waals surface area (Å²) in [5.41, 5.74) is 0. The van der Waals surface area contributed by atoms with Gasteiger partial charge in [0, 0.05) is 0 Å². The van der Waals surface area contributed by atoms with Crippen molar-refractivity contribution >= 4 is 27.2 Å². The normalized spacial score (nSPS) is 16.4. The second-order valence-corrected chi connectivity index (χ2v) is 2.30. The number of carbonyl (C=O) groups excluding carboxylic acids is 1. The molecule has 0 N–H and O–H groups in total. The summed E-state index contributed by atoms with van der Waals surface area (Å²) in [6.07, 6.45) is 5.53. The van der Waals surface area contributed by atoms with Gasteiger partial charge >= 0.3 is 29.2 Å². The Balaban J connectivity index is 0.000000461. The van der Waals surface area contributed by atoms with Crippen molar-refractivity contribution in [1.82, 2.24) is 4.90 Å². The molecule has 11 heavy (non-hydrogen) atoms. The van der Waals surface area contributed by atoms with Crippen molar-refractivity contribution < 1.29 is 24.8 Å². The number of hydrogen-bond donors (Lipinski definition) is 0. The third kappa shape index (κ3) is 4.19. The Hall–Kier alpha value is 0.530. The molecule has 0 aromatic carbocycles. The number of amides is 1. The molecule has 5 heteroatoms. The monoisotopic (exact) mass is 286 g/mol. The van der Waals surface area contributed by atoms with Gasteiger partial charge in [0.1, 0.15) is 0 Å². The number of hydrogen-bond acceptors (Lipinski definition) is 1. The first-order chi connectivity index (χ1) is 5.34. The molecule has 1 aliphatic heterocycles. The summed E-state index contributed by atoms with van der Waals surface area (Å²) in [7, 11) is 4.45. The second kappa shape index (κ2) is 7.19. The van der Waals surface area contributed by atoms with E-state index in [1.54, 1.807) is 6.41 Å². The molecular weight excluding hydrogens is 281 g/mol. The molecule has 1 heterocycles. The van der Waals surface area contributed by atoms with E-state index in [1.807, 2.05) is 6.08 Å². The van der Waals surface area contributed by atoms with E-state index in [-0.39, 0.29) is 0 Å². The average molecular weight is 288 g/mol. The Morgan fingerprint density at radius 2 is 2.27 bits per heavy atom. The van der Waals surface area contributed by atoms with Crippen molar-refractivity contribution in [2.24, 2.45) is 0 Å². The van der Waals surface area contributed by atoms with Crippen molar-refractivity contribution in [3.8, 4) is 0 Å². The Morgan fingerprint density at radius 3 is 2.64 bits per heavy atom. The minimum absolute atomic E-state index is 0.510. The van der Waals surface area contributed by atoms with Crippen LogP contribution in [0.1, 0.15) is 12.8 Å². The minimum atomic E-state index is 0.510. The Kier molecular flexibility index (Phi) is 7.54. The summed E-state index contributed by atoms with van der Waals surface area (Å²) in [5, 5.41) is 0.510. The molecule has 68 valence electrons. The first-order valence-corrected chi connectivity index (χ1v) is 5.25. The van der Waals surface area contributed by atoms with E-state index < -0.39 is 0 Å². The van der Waals surface area contributed by atoms with Crippen LogP contribution in [0.3, 0.4) is 0 Å². The van der Waals surface area contributed by atoms with E-state index in [9.17, 15) is 4.79 Å². The van der Waals surface area contributed by atoms with E-state index >= 15 is 0 Å². The van der Waals surface area contributed by atoms with Crippen molar-refractivity contribution in [2.45, 2.75) is 12.8 Å². The third-order valence-electron chi connectivity index (χ3n) is 1.27. The maximum absolute atomic E-state index is 10.0. The average Bonchev–Trinajstić information content (AvgIpc) is 2.09. The van der Waals surface area contributed by atoms with Crippen LogP contribution in [0.25, 0.3) is 0 Å². The second-order valence-electron chi connectivity index (χ2n) is 1.91. The molecule has 0 radical (unpaired) electrons. The molecule has 0 bridgehead atoms. The molecule has 0 aromatic rings. The third-order valence-corrected chi connectivity index (χ3v) is 1.63. The summed E-state index contributed by atoms with van der Waals surface area (Å²) in [5.74, 6) is 0. The molecule has 0 atom stereocenters. The van der Waals surface area contributed by atoms with Gasteiger partial charge in [-0.25, -0.2) is 0 Å². The van der Waals surface area contributed by atoms with Crippen LogP contribution in [0, 0.1) is 0 Å². The van der Waals surface area contributed by atoms with Crippen molar-refractivity contribution in [3.05, 3.63) is 11.2 Å². The van der Waals surface area contributed by atoms with Crippen LogP contribution in [0.2, 0.25) is 0 Å². The zero-order valence-electron chi connectivity index (χ0n) is 5.61. The van der Waals surface area contributed by atoms with Crippen molar-refractivity contribution in [1.29, 1.82) is 0 Å². The molecular formula is C6H7AgCl2NO-. The van der Waals surface area contributed by atoms with Crippen LogP contribution in [-0.2, 0) is 24.8 Å². The zero-order chi connectivity index (χ0) is 8.69. The molecule has 0 saturated carbocycles. The molecule has 1 rings (SSSR count). The van der Waals surface area contributed by atoms with Gasteiger partial charge in [0.05, 0.1) is 6.41 Å². The van der Waals surface area contributed by atoms with Gasteiger partial charge in [0.2, 0.25) is 0 Å². The van der Waals surface area contributed by atoms with Gasteiger partial charge in [0.15, 0.2) is 0 Å². The number of nitrogens with zero attached hydrogens (tertiary/aromatic N) is 1. The summed E-state index contributed by atoms with van der Waals surface area (Å²) in [6, 6.07) is 0. The summed E-state index contributed by atoms with van der Waals surface area (Å²) >= 11 is 8.03. The first-order valence-electron chi connectivity index (χ1n) is 2.97. The van der Waals surface area contributed by atoms with Crippen molar-refractivity contribution in [3.63, 3.8) is 0 Å². The number of allylic oxidation sites excluding steroid dienone is 1. The molecule has 0 spiro atoms. The molecule has 0 aliphatic carbocycles. The predicted molar refractivity (Wildman–Crippen MR) is 41.4 cm³/mol. The van der Waals surface area contributed by atoms with Gasteiger partial charge in [-0.05, 0) is 24.5 Å². The van der Waals surface area contributed by atoms with Crippen LogP contribution < -0.4 is 0 Å². The number of rotatable bonds is 1. The molecule has 0 unspecified atom stereocenters. The van der Waals surface area contributed by atoms with Crippen LogP contribution in [0.5, 0.6) is 0 Å². The van der Waals surface area contributed by atoms with Crippen LogP contribution >= 0.6 is 20.8 Å². The fourth-order valence-electron chi connectivity index (χ4n) is 0.777. The maximum atomic E-state index is 10.0. The Morgan fingerprint density at radius 1 is 1.64 bits per heavy atom. The van der Waals surface area contributed by atoms with E-state index in [1.165, 1.54) is 4.90 Å². The summed E-state index contributed by atoms with van der Waals surface area (Å²) in [4.78, 5) is 11.4. The van der Waals surface area contributed by atoms with Crippen molar-refractivity contribution in [2.75, 3.05) is 6.54 Å². The van der Waals surface area contributed by atoms with Gasteiger partial charge in [-0.1, -0.05) is 0 Å². The van der Waals surface area contributed by atoms with Crippen LogP contribution in [0.15, 0.2) is 11.2 Å². The Labute approximate surface area is 87.3 Å². The zero-order valence-corrected chi connectivity index (χ0v) is 8.61. The van der Waals surface area contributed by atoms with E-state index in [4.69, 9.17) is 11.6 Å². The molecule has 2 nitrogen and oxygen atoms in total. The fraction of sp³-hybridized carbons (Fsp3) is 0.500. The van der Waals surface area contributed by atoms with Gasteiger partial charge in [0.25, 0.3) is 0 Å². The fourth-order valence-corrected chi connectivity index (χ4v) is 1.00. The standard InChI is InChI=1S/C6H7ClNO.Ag.ClH/c7-6-3-1-2-4-8(6)5-9;;/h3H,1-2,4H2;;1H/q-1;+1;/p-1. The Bertz CT molecular complexity index is 152. The van der Waals surface area contributed by atoms with Crippen LogP contribution in [0.4, 0.5) is 0 Å². The van der Waals surface area contributed by atoms with Gasteiger partial charge < -0.3 is 9.69 Å².